The van der Waals surface area contributed by atoms with Crippen molar-refractivity contribution in [2.24, 2.45) is 0 Å². The Kier molecular flexibility index (Phi) is 4.96. The fourth-order valence-electron chi connectivity index (χ4n) is 1.98. The molecule has 0 aliphatic heterocycles. The van der Waals surface area contributed by atoms with Gasteiger partial charge in [0.25, 0.3) is 5.56 Å². The lowest BCUT2D eigenvalue weighted by molar-refractivity contribution is 0.317. The fraction of sp³-hybridized carbons (Fsp3) is 0.312. The number of ether oxygens (including phenoxy) is 1. The van der Waals surface area contributed by atoms with E-state index in [0.29, 0.717) is 13.2 Å². The number of pyridine rings is 1. The molecule has 0 unspecified atom stereocenters. The van der Waals surface area contributed by atoms with Crippen molar-refractivity contribution in [3.63, 3.8) is 0 Å². The number of nitrogens with one attached hydrogen (secondary N) is 2. The monoisotopic (exact) mass is 272 g/mol. The van der Waals surface area contributed by atoms with Crippen molar-refractivity contribution < 1.29 is 4.74 Å². The molecule has 0 amide bonds. The van der Waals surface area contributed by atoms with Crippen LogP contribution in [0.1, 0.15) is 18.9 Å². The van der Waals surface area contributed by atoms with E-state index in [4.69, 9.17) is 4.74 Å². The summed E-state index contributed by atoms with van der Waals surface area (Å²) in [5.74, 6) is 0.824. The minimum atomic E-state index is -0.0586. The smallest absolute Gasteiger partial charge is 0.252 e. The molecule has 2 aromatic rings. The topological polar surface area (TPSA) is 54.1 Å². The Hall–Kier alpha value is -2.07. The second-order valence-corrected chi connectivity index (χ2v) is 4.63. The molecule has 0 saturated carbocycles. The molecule has 0 atom stereocenters. The maximum absolute atomic E-state index is 11.9. The van der Waals surface area contributed by atoms with E-state index in [2.05, 4.69) is 17.2 Å². The van der Waals surface area contributed by atoms with Crippen molar-refractivity contribution in [2.45, 2.75) is 19.9 Å². The van der Waals surface area contributed by atoms with Crippen LogP contribution in [0.2, 0.25) is 0 Å². The van der Waals surface area contributed by atoms with Gasteiger partial charge in [0, 0.05) is 23.4 Å². The van der Waals surface area contributed by atoms with Crippen LogP contribution in [0.25, 0.3) is 11.3 Å². The van der Waals surface area contributed by atoms with E-state index in [1.54, 1.807) is 0 Å². The van der Waals surface area contributed by atoms with Gasteiger partial charge in [-0.25, -0.2) is 0 Å². The van der Waals surface area contributed by atoms with Crippen LogP contribution in [0, 0.1) is 0 Å². The highest BCUT2D eigenvalue weighted by Gasteiger charge is 2.04. The van der Waals surface area contributed by atoms with Gasteiger partial charge in [-0.15, -0.1) is 0 Å². The summed E-state index contributed by atoms with van der Waals surface area (Å²) in [6.45, 7) is 3.33. The van der Waals surface area contributed by atoms with Gasteiger partial charge in [0.05, 0.1) is 6.61 Å². The zero-order valence-corrected chi connectivity index (χ0v) is 11.9. The van der Waals surface area contributed by atoms with E-state index in [0.717, 1.165) is 29.0 Å². The maximum atomic E-state index is 11.9. The van der Waals surface area contributed by atoms with Crippen molar-refractivity contribution in [1.82, 2.24) is 10.3 Å². The first-order valence-electron chi connectivity index (χ1n) is 6.84. The molecule has 2 N–H and O–H groups in total. The van der Waals surface area contributed by atoms with Crippen LogP contribution in [0.15, 0.2) is 41.2 Å². The Bertz CT molecular complexity index is 620. The number of H-pyrrole nitrogens is 1. The van der Waals surface area contributed by atoms with Crippen LogP contribution in [0.5, 0.6) is 5.75 Å². The van der Waals surface area contributed by atoms with E-state index in [9.17, 15) is 4.79 Å². The summed E-state index contributed by atoms with van der Waals surface area (Å²) in [5, 5.41) is 2.98. The molecule has 0 radical (unpaired) electrons. The summed E-state index contributed by atoms with van der Waals surface area (Å²) in [6.07, 6.45) is 0.972. The Labute approximate surface area is 118 Å². The zero-order valence-electron chi connectivity index (χ0n) is 11.9. The second-order valence-electron chi connectivity index (χ2n) is 4.63. The minimum absolute atomic E-state index is 0.0586. The first kappa shape index (κ1) is 14.3. The van der Waals surface area contributed by atoms with Gasteiger partial charge in [-0.1, -0.05) is 25.1 Å². The predicted molar refractivity (Wildman–Crippen MR) is 81.0 cm³/mol. The normalized spacial score (nSPS) is 10.5. The van der Waals surface area contributed by atoms with Crippen molar-refractivity contribution in [3.05, 3.63) is 52.3 Å². The van der Waals surface area contributed by atoms with E-state index in [1.807, 2.05) is 43.4 Å². The van der Waals surface area contributed by atoms with Gasteiger partial charge in [-0.2, -0.15) is 0 Å². The summed E-state index contributed by atoms with van der Waals surface area (Å²) < 4.78 is 5.61. The largest absolute Gasteiger partial charge is 0.494 e. The summed E-state index contributed by atoms with van der Waals surface area (Å²) in [4.78, 5) is 14.8. The molecule has 1 aromatic heterocycles. The van der Waals surface area contributed by atoms with Crippen LogP contribution in [-0.2, 0) is 6.54 Å². The summed E-state index contributed by atoms with van der Waals surface area (Å²) in [6, 6.07) is 11.5. The average Bonchev–Trinajstić information content (AvgIpc) is 2.48. The Morgan fingerprint density at radius 3 is 2.80 bits per heavy atom. The van der Waals surface area contributed by atoms with Gasteiger partial charge in [0.1, 0.15) is 5.75 Å². The number of aromatic amines is 1. The summed E-state index contributed by atoms with van der Waals surface area (Å²) in [5.41, 5.74) is 2.43. The minimum Gasteiger partial charge on any atom is -0.494 e. The first-order chi connectivity index (χ1) is 9.74. The van der Waals surface area contributed by atoms with Crippen LogP contribution >= 0.6 is 0 Å². The van der Waals surface area contributed by atoms with E-state index in [-0.39, 0.29) is 5.56 Å². The van der Waals surface area contributed by atoms with Gasteiger partial charge in [-0.3, -0.25) is 4.79 Å². The third-order valence-corrected chi connectivity index (χ3v) is 2.98. The lowest BCUT2D eigenvalue weighted by Crippen LogP contribution is -2.18. The Morgan fingerprint density at radius 1 is 1.25 bits per heavy atom. The molecule has 106 valence electrons. The van der Waals surface area contributed by atoms with Crippen LogP contribution in [0.4, 0.5) is 0 Å². The highest BCUT2D eigenvalue weighted by Crippen LogP contribution is 2.21. The predicted octanol–water partition coefficient (Wildman–Crippen LogP) is 2.55. The molecule has 0 bridgehead atoms. The summed E-state index contributed by atoms with van der Waals surface area (Å²) in [7, 11) is 1.82. The molecule has 0 spiro atoms. The van der Waals surface area contributed by atoms with Gasteiger partial charge in [0.15, 0.2) is 0 Å². The van der Waals surface area contributed by atoms with Gasteiger partial charge in [0.2, 0.25) is 0 Å². The van der Waals surface area contributed by atoms with E-state index in [1.165, 1.54) is 0 Å². The van der Waals surface area contributed by atoms with Crippen LogP contribution in [-0.4, -0.2) is 18.6 Å². The molecule has 4 heteroatoms. The average molecular weight is 272 g/mol. The molecular weight excluding hydrogens is 252 g/mol. The molecule has 0 saturated heterocycles. The summed E-state index contributed by atoms with van der Waals surface area (Å²) >= 11 is 0. The van der Waals surface area contributed by atoms with Gasteiger partial charge < -0.3 is 15.0 Å². The third-order valence-electron chi connectivity index (χ3n) is 2.98. The lowest BCUT2D eigenvalue weighted by atomic mass is 10.1. The number of rotatable bonds is 6. The molecule has 20 heavy (non-hydrogen) atoms. The lowest BCUT2D eigenvalue weighted by Gasteiger charge is -2.08. The number of benzene rings is 1. The quantitative estimate of drug-likeness (QED) is 0.849. The SMILES string of the molecule is CCCOc1cccc(-c2ccc(CNC)c(=O)[nH]2)c1. The molecule has 1 aromatic carbocycles. The molecule has 4 nitrogen and oxygen atoms in total. The van der Waals surface area contributed by atoms with Gasteiger partial charge >= 0.3 is 0 Å². The molecular formula is C16H20N2O2. The van der Waals surface area contributed by atoms with Crippen molar-refractivity contribution in [1.29, 1.82) is 0 Å². The number of hydrogen-bond donors (Lipinski definition) is 2. The van der Waals surface area contributed by atoms with Crippen LogP contribution < -0.4 is 15.6 Å². The van der Waals surface area contributed by atoms with Gasteiger partial charge in [-0.05, 0) is 31.7 Å². The fourth-order valence-corrected chi connectivity index (χ4v) is 1.98. The molecule has 0 aliphatic carbocycles. The number of aromatic nitrogens is 1. The highest BCUT2D eigenvalue weighted by molar-refractivity contribution is 5.61. The third kappa shape index (κ3) is 3.48. The van der Waals surface area contributed by atoms with Crippen molar-refractivity contribution in [3.8, 4) is 17.0 Å². The maximum Gasteiger partial charge on any atom is 0.252 e. The zero-order chi connectivity index (χ0) is 14.4. The van der Waals surface area contributed by atoms with E-state index >= 15 is 0 Å². The molecule has 0 aliphatic rings. The van der Waals surface area contributed by atoms with Crippen LogP contribution in [0.3, 0.4) is 0 Å². The second kappa shape index (κ2) is 6.91. The standard InChI is InChI=1S/C16H20N2O2/c1-3-9-20-14-6-4-5-12(10-14)15-8-7-13(11-17-2)16(19)18-15/h4-8,10,17H,3,9,11H2,1-2H3,(H,18,19). The molecule has 2 rings (SSSR count). The molecule has 1 heterocycles. The highest BCUT2D eigenvalue weighted by atomic mass is 16.5. The number of hydrogen-bond acceptors (Lipinski definition) is 3. The Morgan fingerprint density at radius 2 is 2.10 bits per heavy atom. The van der Waals surface area contributed by atoms with E-state index < -0.39 is 0 Å². The molecule has 0 fully saturated rings. The van der Waals surface area contributed by atoms with Crippen molar-refractivity contribution >= 4 is 0 Å². The van der Waals surface area contributed by atoms with Crippen molar-refractivity contribution in [2.75, 3.05) is 13.7 Å². The Balaban J connectivity index is 2.27. The first-order valence-corrected chi connectivity index (χ1v) is 6.84.